The number of benzene rings is 3. The molecule has 2 nitrogen and oxygen atoms in total. The lowest BCUT2D eigenvalue weighted by molar-refractivity contribution is 0.284. The molecule has 0 saturated carbocycles. The van der Waals surface area contributed by atoms with Gasteiger partial charge in [-0.15, -0.1) is 0 Å². The van der Waals surface area contributed by atoms with Gasteiger partial charge in [0.05, 0.1) is 0 Å². The number of piperazine rings is 1. The highest BCUT2D eigenvalue weighted by Gasteiger charge is 2.17. The Hall–Kier alpha value is -2.98. The van der Waals surface area contributed by atoms with Crippen LogP contribution in [0.15, 0.2) is 72.8 Å². The van der Waals surface area contributed by atoms with Crippen molar-refractivity contribution in [3.63, 3.8) is 0 Å². The van der Waals surface area contributed by atoms with E-state index in [0.29, 0.717) is 0 Å². The van der Waals surface area contributed by atoms with Crippen LogP contribution in [0.4, 0.5) is 14.5 Å². The van der Waals surface area contributed by atoms with Crippen LogP contribution in [-0.2, 0) is 0 Å². The van der Waals surface area contributed by atoms with Gasteiger partial charge in [0.2, 0.25) is 0 Å². The van der Waals surface area contributed by atoms with Crippen molar-refractivity contribution >= 4 is 11.8 Å². The first-order valence-electron chi connectivity index (χ1n) is 10.3. The van der Waals surface area contributed by atoms with E-state index in [1.807, 2.05) is 18.2 Å². The van der Waals surface area contributed by atoms with Gasteiger partial charge in [0.15, 0.2) is 0 Å². The maximum absolute atomic E-state index is 13.2. The van der Waals surface area contributed by atoms with Crippen molar-refractivity contribution in [2.45, 2.75) is 6.92 Å². The van der Waals surface area contributed by atoms with E-state index in [9.17, 15) is 8.78 Å². The number of nitrogens with zero attached hydrogens (tertiary/aromatic N) is 2. The van der Waals surface area contributed by atoms with Crippen molar-refractivity contribution in [2.24, 2.45) is 0 Å². The lowest BCUT2D eigenvalue weighted by Gasteiger charge is -2.36. The molecule has 1 aliphatic heterocycles. The quantitative estimate of drug-likeness (QED) is 0.532. The highest BCUT2D eigenvalue weighted by molar-refractivity contribution is 5.69. The Labute approximate surface area is 177 Å². The maximum atomic E-state index is 13.2. The fourth-order valence-electron chi connectivity index (χ4n) is 3.92. The Morgan fingerprint density at radius 1 is 0.767 bits per heavy atom. The van der Waals surface area contributed by atoms with Crippen molar-refractivity contribution in [3.05, 3.63) is 95.6 Å². The van der Waals surface area contributed by atoms with Crippen LogP contribution in [-0.4, -0.2) is 37.6 Å². The zero-order valence-corrected chi connectivity index (χ0v) is 17.2. The van der Waals surface area contributed by atoms with E-state index in [0.717, 1.165) is 49.4 Å². The number of anilines is 1. The van der Waals surface area contributed by atoms with E-state index in [1.165, 1.54) is 35.5 Å². The largest absolute Gasteiger partial charge is 0.369 e. The van der Waals surface area contributed by atoms with Gasteiger partial charge < -0.3 is 4.90 Å². The molecule has 0 spiro atoms. The second kappa shape index (κ2) is 9.23. The second-order valence-corrected chi connectivity index (χ2v) is 7.75. The number of rotatable bonds is 5. The average molecular weight is 405 g/mol. The highest BCUT2D eigenvalue weighted by atomic mass is 19.1. The summed E-state index contributed by atoms with van der Waals surface area (Å²) >= 11 is 0. The first-order valence-corrected chi connectivity index (χ1v) is 10.3. The Morgan fingerprint density at radius 2 is 1.37 bits per heavy atom. The van der Waals surface area contributed by atoms with Crippen LogP contribution in [0.3, 0.4) is 0 Å². The van der Waals surface area contributed by atoms with Gasteiger partial charge in [0.1, 0.15) is 11.6 Å². The molecule has 4 heteroatoms. The van der Waals surface area contributed by atoms with Crippen molar-refractivity contribution in [2.75, 3.05) is 37.6 Å². The third-order valence-electron chi connectivity index (χ3n) is 5.63. The first kappa shape index (κ1) is 20.3. The van der Waals surface area contributed by atoms with Crippen molar-refractivity contribution in [1.82, 2.24) is 4.90 Å². The van der Waals surface area contributed by atoms with E-state index in [2.05, 4.69) is 41.0 Å². The predicted molar refractivity (Wildman–Crippen MR) is 121 cm³/mol. The summed E-state index contributed by atoms with van der Waals surface area (Å²) in [5.41, 5.74) is 5.67. The van der Waals surface area contributed by atoms with E-state index < -0.39 is 0 Å². The van der Waals surface area contributed by atoms with E-state index >= 15 is 0 Å². The van der Waals surface area contributed by atoms with Gasteiger partial charge in [-0.25, -0.2) is 8.78 Å². The number of hydrogen-bond acceptors (Lipinski definition) is 2. The van der Waals surface area contributed by atoms with E-state index in [4.69, 9.17) is 0 Å². The fourth-order valence-corrected chi connectivity index (χ4v) is 3.92. The van der Waals surface area contributed by atoms with Crippen LogP contribution in [0.2, 0.25) is 0 Å². The summed E-state index contributed by atoms with van der Waals surface area (Å²) in [6, 6.07) is 19.7. The minimum Gasteiger partial charge on any atom is -0.369 e. The molecule has 1 heterocycles. The molecule has 3 aromatic carbocycles. The summed E-state index contributed by atoms with van der Waals surface area (Å²) in [6.45, 7) is 7.02. The molecule has 4 rings (SSSR count). The normalized spacial score (nSPS) is 15.1. The van der Waals surface area contributed by atoms with Crippen molar-refractivity contribution in [1.29, 1.82) is 0 Å². The second-order valence-electron chi connectivity index (χ2n) is 7.75. The van der Waals surface area contributed by atoms with Crippen molar-refractivity contribution < 1.29 is 8.78 Å². The van der Waals surface area contributed by atoms with Gasteiger partial charge in [-0.2, -0.15) is 0 Å². The molecule has 1 saturated heterocycles. The monoisotopic (exact) mass is 404 g/mol. The standard InChI is InChI=1S/C26H26F2N2/c1-20-19-23(22-6-11-25(28)12-7-22)8-13-26(20)30-17-15-29(16-18-30)14-2-3-21-4-9-24(27)10-5-21/h2-13,19H,14-18H2,1H3. The topological polar surface area (TPSA) is 6.48 Å². The lowest BCUT2D eigenvalue weighted by atomic mass is 10.0. The van der Waals surface area contributed by atoms with Gasteiger partial charge in [-0.05, 0) is 65.6 Å². The molecule has 1 fully saturated rings. The molecule has 0 radical (unpaired) electrons. The molecule has 0 unspecified atom stereocenters. The lowest BCUT2D eigenvalue weighted by Crippen LogP contribution is -2.46. The zero-order valence-electron chi connectivity index (χ0n) is 17.2. The molecule has 0 aliphatic carbocycles. The molecule has 1 aliphatic rings. The van der Waals surface area contributed by atoms with E-state index in [-0.39, 0.29) is 11.6 Å². The SMILES string of the molecule is Cc1cc(-c2ccc(F)cc2)ccc1N1CCN(CC=Cc2ccc(F)cc2)CC1. The summed E-state index contributed by atoms with van der Waals surface area (Å²) in [5, 5.41) is 0. The summed E-state index contributed by atoms with van der Waals surface area (Å²) in [7, 11) is 0. The van der Waals surface area contributed by atoms with Crippen LogP contribution in [0.5, 0.6) is 0 Å². The van der Waals surface area contributed by atoms with Gasteiger partial charge in [-0.3, -0.25) is 4.90 Å². The Morgan fingerprint density at radius 3 is 2.00 bits per heavy atom. The van der Waals surface area contributed by atoms with Crippen LogP contribution in [0.25, 0.3) is 17.2 Å². The molecule has 30 heavy (non-hydrogen) atoms. The Bertz CT molecular complexity index is 1000. The molecule has 0 N–H and O–H groups in total. The van der Waals surface area contributed by atoms with Gasteiger partial charge in [0, 0.05) is 38.4 Å². The van der Waals surface area contributed by atoms with Crippen LogP contribution in [0, 0.1) is 18.6 Å². The maximum Gasteiger partial charge on any atom is 0.123 e. The number of hydrogen-bond donors (Lipinski definition) is 0. The third-order valence-corrected chi connectivity index (χ3v) is 5.63. The minimum atomic E-state index is -0.211. The molecule has 0 amide bonds. The fraction of sp³-hybridized carbons (Fsp3) is 0.231. The smallest absolute Gasteiger partial charge is 0.123 e. The minimum absolute atomic E-state index is 0.204. The molecule has 3 aromatic rings. The molecule has 0 bridgehead atoms. The predicted octanol–water partition coefficient (Wildman–Crippen LogP) is 5.78. The Balaban J connectivity index is 1.33. The molecular weight excluding hydrogens is 378 g/mol. The first-order chi connectivity index (χ1) is 14.6. The van der Waals surface area contributed by atoms with Gasteiger partial charge in [0.25, 0.3) is 0 Å². The summed E-state index contributed by atoms with van der Waals surface area (Å²) in [5.74, 6) is -0.415. The van der Waals surface area contributed by atoms with Crippen LogP contribution < -0.4 is 4.90 Å². The summed E-state index contributed by atoms with van der Waals surface area (Å²) in [4.78, 5) is 4.86. The van der Waals surface area contributed by atoms with Gasteiger partial charge >= 0.3 is 0 Å². The van der Waals surface area contributed by atoms with Crippen LogP contribution in [0.1, 0.15) is 11.1 Å². The van der Waals surface area contributed by atoms with Gasteiger partial charge in [-0.1, -0.05) is 42.5 Å². The zero-order chi connectivity index (χ0) is 20.9. The molecule has 0 atom stereocenters. The van der Waals surface area contributed by atoms with Crippen LogP contribution >= 0.6 is 0 Å². The molecular formula is C26H26F2N2. The number of aryl methyl sites for hydroxylation is 1. The Kier molecular flexibility index (Phi) is 6.24. The van der Waals surface area contributed by atoms with E-state index in [1.54, 1.807) is 12.1 Å². The molecule has 154 valence electrons. The van der Waals surface area contributed by atoms with Crippen molar-refractivity contribution in [3.8, 4) is 11.1 Å². The summed E-state index contributed by atoms with van der Waals surface area (Å²) in [6.07, 6.45) is 4.19. The third kappa shape index (κ3) is 4.95. The number of halogens is 2. The summed E-state index contributed by atoms with van der Waals surface area (Å²) < 4.78 is 26.1. The average Bonchev–Trinajstić information content (AvgIpc) is 2.76. The molecule has 0 aromatic heterocycles. The highest BCUT2D eigenvalue weighted by Crippen LogP contribution is 2.28.